The van der Waals surface area contributed by atoms with Crippen LogP contribution in [-0.2, 0) is 0 Å². The Labute approximate surface area is 152 Å². The average molecular weight is 368 g/mol. The van der Waals surface area contributed by atoms with Crippen LogP contribution >= 0.6 is 0 Å². The molecule has 0 saturated carbocycles. The highest BCUT2D eigenvalue weighted by atomic mass is 19.1. The van der Waals surface area contributed by atoms with Crippen molar-refractivity contribution in [1.82, 2.24) is 9.80 Å². The van der Waals surface area contributed by atoms with E-state index in [9.17, 15) is 23.8 Å². The Hall–Kier alpha value is -1.57. The van der Waals surface area contributed by atoms with Gasteiger partial charge in [0.25, 0.3) is 5.91 Å². The summed E-state index contributed by atoms with van der Waals surface area (Å²) in [6.07, 6.45) is 1.91. The Bertz CT molecular complexity index is 615. The van der Waals surface area contributed by atoms with E-state index < -0.39 is 17.5 Å². The van der Waals surface area contributed by atoms with Gasteiger partial charge in [-0.1, -0.05) is 0 Å². The lowest BCUT2D eigenvalue weighted by Crippen LogP contribution is -2.40. The fourth-order valence-corrected chi connectivity index (χ4v) is 4.06. The highest BCUT2D eigenvalue weighted by molar-refractivity contribution is 5.94. The molecule has 0 bridgehead atoms. The van der Waals surface area contributed by atoms with E-state index in [1.165, 1.54) is 0 Å². The summed E-state index contributed by atoms with van der Waals surface area (Å²) in [5.41, 5.74) is 0.00333. The molecule has 26 heavy (non-hydrogen) atoms. The molecule has 2 heterocycles. The monoisotopic (exact) mass is 368 g/mol. The average Bonchev–Trinajstić information content (AvgIpc) is 3.03. The van der Waals surface area contributed by atoms with Gasteiger partial charge in [0.05, 0.1) is 0 Å². The molecule has 0 spiro atoms. The highest BCUT2D eigenvalue weighted by Crippen LogP contribution is 2.27. The largest absolute Gasteiger partial charge is 0.396 e. The molecule has 2 aliphatic rings. The van der Waals surface area contributed by atoms with Crippen molar-refractivity contribution >= 4 is 5.91 Å². The number of benzene rings is 1. The zero-order chi connectivity index (χ0) is 18.7. The number of carbonyl (C=O) groups excluding carboxylic acids is 1. The van der Waals surface area contributed by atoms with Gasteiger partial charge in [0.2, 0.25) is 0 Å². The van der Waals surface area contributed by atoms with Crippen LogP contribution in [0.1, 0.15) is 23.2 Å². The van der Waals surface area contributed by atoms with Crippen LogP contribution < -0.4 is 0 Å². The van der Waals surface area contributed by atoms with Gasteiger partial charge in [-0.25, -0.2) is 8.78 Å². The third kappa shape index (κ3) is 4.39. The molecule has 1 aromatic carbocycles. The van der Waals surface area contributed by atoms with Gasteiger partial charge >= 0.3 is 0 Å². The van der Waals surface area contributed by atoms with E-state index in [4.69, 9.17) is 0 Å². The third-order valence-corrected chi connectivity index (χ3v) is 5.67. The second-order valence-electron chi connectivity index (χ2n) is 7.50. The molecule has 0 aromatic heterocycles. The lowest BCUT2D eigenvalue weighted by molar-refractivity contribution is 0.0775. The minimum Gasteiger partial charge on any atom is -0.396 e. The molecule has 0 unspecified atom stereocenters. The Kier molecular flexibility index (Phi) is 6.21. The first kappa shape index (κ1) is 19.2. The normalized spacial score (nSPS) is 25.0. The number of likely N-dealkylation sites (tertiary alicyclic amines) is 2. The molecule has 2 fully saturated rings. The number of carbonyl (C=O) groups is 1. The molecule has 144 valence electrons. The molecule has 2 aliphatic heterocycles. The van der Waals surface area contributed by atoms with Crippen molar-refractivity contribution < 1.29 is 23.8 Å². The Morgan fingerprint density at radius 3 is 2.19 bits per heavy atom. The molecule has 0 aliphatic carbocycles. The van der Waals surface area contributed by atoms with Crippen LogP contribution in [-0.4, -0.2) is 71.9 Å². The van der Waals surface area contributed by atoms with E-state index in [0.717, 1.165) is 50.7 Å². The van der Waals surface area contributed by atoms with Gasteiger partial charge in [0.15, 0.2) is 0 Å². The van der Waals surface area contributed by atoms with E-state index in [2.05, 4.69) is 4.90 Å². The van der Waals surface area contributed by atoms with Gasteiger partial charge in [-0.05, 0) is 49.9 Å². The van der Waals surface area contributed by atoms with Crippen molar-refractivity contribution in [3.8, 4) is 0 Å². The molecular formula is C19H26F2N2O3. The lowest BCUT2D eigenvalue weighted by Gasteiger charge is -2.33. The number of piperidine rings is 1. The predicted molar refractivity (Wildman–Crippen MR) is 92.6 cm³/mol. The summed E-state index contributed by atoms with van der Waals surface area (Å²) < 4.78 is 26.8. The zero-order valence-electron chi connectivity index (χ0n) is 14.8. The zero-order valence-corrected chi connectivity index (χ0v) is 14.8. The van der Waals surface area contributed by atoms with Gasteiger partial charge in [0, 0.05) is 50.4 Å². The number of aliphatic hydroxyl groups excluding tert-OH is 2. The molecule has 5 nitrogen and oxygen atoms in total. The van der Waals surface area contributed by atoms with Gasteiger partial charge in [-0.3, -0.25) is 4.79 Å². The second kappa shape index (κ2) is 8.41. The topological polar surface area (TPSA) is 64.0 Å². The molecule has 0 radical (unpaired) electrons. The molecule has 1 amide bonds. The number of rotatable bonds is 5. The summed E-state index contributed by atoms with van der Waals surface area (Å²) in [7, 11) is 0. The Morgan fingerprint density at radius 1 is 1.00 bits per heavy atom. The van der Waals surface area contributed by atoms with Crippen molar-refractivity contribution in [2.24, 2.45) is 17.8 Å². The minimum atomic E-state index is -0.769. The summed E-state index contributed by atoms with van der Waals surface area (Å²) in [6, 6.07) is 2.84. The van der Waals surface area contributed by atoms with Gasteiger partial charge in [-0.15, -0.1) is 0 Å². The van der Waals surface area contributed by atoms with Crippen molar-refractivity contribution in [1.29, 1.82) is 0 Å². The quantitative estimate of drug-likeness (QED) is 0.824. The first-order chi connectivity index (χ1) is 12.5. The Balaban J connectivity index is 1.62. The Morgan fingerprint density at radius 2 is 1.62 bits per heavy atom. The molecule has 7 heteroatoms. The molecule has 1 aromatic rings. The second-order valence-corrected chi connectivity index (χ2v) is 7.50. The molecule has 2 N–H and O–H groups in total. The first-order valence-electron chi connectivity index (χ1n) is 9.19. The lowest BCUT2D eigenvalue weighted by atomic mass is 9.93. The van der Waals surface area contributed by atoms with E-state index in [-0.39, 0.29) is 30.6 Å². The number of hydrogen-bond donors (Lipinski definition) is 2. The van der Waals surface area contributed by atoms with Crippen LogP contribution in [0.25, 0.3) is 0 Å². The number of nitrogens with zero attached hydrogens (tertiary/aromatic N) is 2. The molecule has 3 rings (SSSR count). The number of halogens is 2. The maximum Gasteiger partial charge on any atom is 0.254 e. The van der Waals surface area contributed by atoms with E-state index >= 15 is 0 Å². The van der Waals surface area contributed by atoms with Crippen LogP contribution in [0.15, 0.2) is 18.2 Å². The molecule has 2 saturated heterocycles. The third-order valence-electron chi connectivity index (χ3n) is 5.67. The standard InChI is InChI=1S/C19H26F2N2O3/c20-17-5-14(6-18(21)7-17)19(26)23-9-15(16(10-23)12-25)8-22-3-1-13(11-24)2-4-22/h5-7,13,15-16,24-25H,1-4,8-12H2/t15-,16-/m1/s1. The summed E-state index contributed by atoms with van der Waals surface area (Å²) in [5.74, 6) is -1.47. The smallest absolute Gasteiger partial charge is 0.254 e. The highest BCUT2D eigenvalue weighted by Gasteiger charge is 2.36. The summed E-state index contributed by atoms with van der Waals surface area (Å²) in [5, 5.41) is 18.9. The molecular weight excluding hydrogens is 342 g/mol. The van der Waals surface area contributed by atoms with Crippen molar-refractivity contribution in [3.63, 3.8) is 0 Å². The van der Waals surface area contributed by atoms with Crippen LogP contribution in [0.5, 0.6) is 0 Å². The van der Waals surface area contributed by atoms with Gasteiger partial charge in [0.1, 0.15) is 11.6 Å². The first-order valence-corrected chi connectivity index (χ1v) is 9.19. The minimum absolute atomic E-state index is 0.00333. The molecule has 2 atom stereocenters. The predicted octanol–water partition coefficient (Wildman–Crippen LogP) is 1.35. The summed E-state index contributed by atoms with van der Waals surface area (Å²) in [6.45, 7) is 3.67. The van der Waals surface area contributed by atoms with Crippen molar-refractivity contribution in [2.45, 2.75) is 12.8 Å². The van der Waals surface area contributed by atoms with Crippen molar-refractivity contribution in [2.75, 3.05) is 45.9 Å². The van der Waals surface area contributed by atoms with Crippen LogP contribution in [0.2, 0.25) is 0 Å². The van der Waals surface area contributed by atoms with Crippen LogP contribution in [0.3, 0.4) is 0 Å². The van der Waals surface area contributed by atoms with Crippen molar-refractivity contribution in [3.05, 3.63) is 35.4 Å². The SMILES string of the molecule is O=C(c1cc(F)cc(F)c1)N1C[C@@H](CN2CCC(CO)CC2)[C@@H](CO)C1. The van der Waals surface area contributed by atoms with Crippen LogP contribution in [0.4, 0.5) is 8.78 Å². The van der Waals surface area contributed by atoms with E-state index in [1.54, 1.807) is 4.90 Å². The summed E-state index contributed by atoms with van der Waals surface area (Å²) in [4.78, 5) is 16.5. The van der Waals surface area contributed by atoms with E-state index in [1.807, 2.05) is 0 Å². The van der Waals surface area contributed by atoms with E-state index in [0.29, 0.717) is 19.0 Å². The fraction of sp³-hybridized carbons (Fsp3) is 0.632. The number of aliphatic hydroxyl groups is 2. The van der Waals surface area contributed by atoms with Crippen LogP contribution in [0, 0.1) is 29.4 Å². The van der Waals surface area contributed by atoms with Gasteiger partial charge in [-0.2, -0.15) is 0 Å². The summed E-state index contributed by atoms with van der Waals surface area (Å²) >= 11 is 0. The number of amides is 1. The fourth-order valence-electron chi connectivity index (χ4n) is 4.06. The number of hydrogen-bond acceptors (Lipinski definition) is 4. The maximum absolute atomic E-state index is 13.4. The van der Waals surface area contributed by atoms with Gasteiger partial charge < -0.3 is 20.0 Å². The maximum atomic E-state index is 13.4.